The van der Waals surface area contributed by atoms with Gasteiger partial charge in [0.1, 0.15) is 12.4 Å². The molecule has 2 N–H and O–H groups in total. The second-order valence-electron chi connectivity index (χ2n) is 8.68. The summed E-state index contributed by atoms with van der Waals surface area (Å²) < 4.78 is 48.5. The van der Waals surface area contributed by atoms with Gasteiger partial charge in [-0.2, -0.15) is 9.61 Å². The molecule has 1 fully saturated rings. The lowest BCUT2D eigenvalue weighted by Crippen LogP contribution is -2.33. The van der Waals surface area contributed by atoms with Crippen molar-refractivity contribution in [1.29, 1.82) is 0 Å². The van der Waals surface area contributed by atoms with Gasteiger partial charge in [0.2, 0.25) is 5.88 Å². The molecule has 1 saturated carbocycles. The van der Waals surface area contributed by atoms with Crippen LogP contribution in [0.4, 0.5) is 13.2 Å². The third-order valence-electron chi connectivity index (χ3n) is 6.16. The zero-order chi connectivity index (χ0) is 23.8. The zero-order valence-corrected chi connectivity index (χ0v) is 18.6. The molecular weight excluding hydrogens is 435 g/mol. The van der Waals surface area contributed by atoms with Crippen LogP contribution < -0.4 is 10.1 Å². The number of halogens is 3. The number of aromatic nitrogens is 2. The number of aryl methyl sites for hydroxylation is 2. The second-order valence-corrected chi connectivity index (χ2v) is 8.68. The Morgan fingerprint density at radius 1 is 1.18 bits per heavy atom. The first-order valence-corrected chi connectivity index (χ1v) is 10.9. The molecule has 1 aliphatic rings. The number of hydrogen-bond acceptors (Lipinski definition) is 4. The van der Waals surface area contributed by atoms with Gasteiger partial charge in [0, 0.05) is 12.6 Å². The number of aliphatic hydroxyl groups is 1. The van der Waals surface area contributed by atoms with Crippen molar-refractivity contribution in [2.75, 3.05) is 6.54 Å². The molecule has 0 unspecified atom stereocenters. The van der Waals surface area contributed by atoms with Gasteiger partial charge in [0.05, 0.1) is 27.9 Å². The average molecular weight is 461 g/mol. The highest BCUT2D eigenvalue weighted by Crippen LogP contribution is 2.32. The number of carbonyl (C=O) groups is 1. The molecule has 6 nitrogen and oxygen atoms in total. The van der Waals surface area contributed by atoms with Gasteiger partial charge >= 0.3 is 0 Å². The van der Waals surface area contributed by atoms with E-state index in [1.54, 1.807) is 26.0 Å². The maximum absolute atomic E-state index is 14.0. The molecule has 0 spiro atoms. The quantitative estimate of drug-likeness (QED) is 0.513. The molecular formula is C24H26F3N3O3. The Bertz CT molecular complexity index is 1200. The van der Waals surface area contributed by atoms with Crippen LogP contribution in [0.1, 0.15) is 59.3 Å². The van der Waals surface area contributed by atoms with E-state index < -0.39 is 35.2 Å². The Balaban J connectivity index is 1.56. The minimum Gasteiger partial charge on any atom is -0.473 e. The Hall–Kier alpha value is -3.07. The highest BCUT2D eigenvalue weighted by molar-refractivity contribution is 6.02. The number of rotatable bonds is 7. The highest BCUT2D eigenvalue weighted by atomic mass is 19.2. The van der Waals surface area contributed by atoms with Gasteiger partial charge in [0.25, 0.3) is 5.91 Å². The number of hydrogen-bond donors (Lipinski definition) is 2. The van der Waals surface area contributed by atoms with Gasteiger partial charge in [-0.3, -0.25) is 4.79 Å². The predicted molar refractivity (Wildman–Crippen MR) is 116 cm³/mol. The maximum Gasteiger partial charge on any atom is 0.255 e. The van der Waals surface area contributed by atoms with Crippen molar-refractivity contribution in [1.82, 2.24) is 14.9 Å². The summed E-state index contributed by atoms with van der Waals surface area (Å²) in [6.07, 6.45) is 3.94. The lowest BCUT2D eigenvalue weighted by Gasteiger charge is -2.21. The molecule has 33 heavy (non-hydrogen) atoms. The fourth-order valence-corrected chi connectivity index (χ4v) is 4.37. The molecule has 0 bridgehead atoms. The van der Waals surface area contributed by atoms with Gasteiger partial charge < -0.3 is 15.2 Å². The molecule has 1 aliphatic carbocycles. The van der Waals surface area contributed by atoms with Crippen LogP contribution in [0.2, 0.25) is 0 Å². The summed E-state index contributed by atoms with van der Waals surface area (Å²) in [7, 11) is 0. The molecule has 4 rings (SSSR count). The number of amides is 1. The smallest absolute Gasteiger partial charge is 0.255 e. The van der Waals surface area contributed by atoms with Crippen LogP contribution in [0.15, 0.2) is 24.3 Å². The van der Waals surface area contributed by atoms with Crippen molar-refractivity contribution in [2.24, 2.45) is 0 Å². The van der Waals surface area contributed by atoms with E-state index in [9.17, 15) is 23.1 Å². The lowest BCUT2D eigenvalue weighted by atomic mass is 9.98. The molecule has 1 aromatic carbocycles. The molecule has 2 aromatic heterocycles. The summed E-state index contributed by atoms with van der Waals surface area (Å²) in [6, 6.07) is 4.93. The number of ether oxygens (including phenoxy) is 1. The Kier molecular flexibility index (Phi) is 6.34. The summed E-state index contributed by atoms with van der Waals surface area (Å²) in [5, 5.41) is 17.7. The molecule has 0 aliphatic heterocycles. The topological polar surface area (TPSA) is 75.9 Å². The minimum atomic E-state index is -1.31. The van der Waals surface area contributed by atoms with Crippen molar-refractivity contribution in [3.8, 4) is 5.88 Å². The van der Waals surface area contributed by atoms with Crippen LogP contribution in [-0.4, -0.2) is 32.8 Å². The normalized spacial score (nSPS) is 15.2. The number of nitrogens with zero attached hydrogens (tertiary/aromatic N) is 2. The van der Waals surface area contributed by atoms with E-state index in [0.29, 0.717) is 35.8 Å². The fraction of sp³-hybridized carbons (Fsp3) is 0.417. The van der Waals surface area contributed by atoms with Gasteiger partial charge in [-0.15, -0.1) is 0 Å². The summed E-state index contributed by atoms with van der Waals surface area (Å²) in [5.74, 6) is -3.56. The van der Waals surface area contributed by atoms with Crippen molar-refractivity contribution < 1.29 is 27.8 Å². The van der Waals surface area contributed by atoms with Crippen LogP contribution in [0, 0.1) is 31.3 Å². The third kappa shape index (κ3) is 4.68. The van der Waals surface area contributed by atoms with Crippen molar-refractivity contribution in [2.45, 2.75) is 58.2 Å². The van der Waals surface area contributed by atoms with Gasteiger partial charge in [-0.05, 0) is 56.9 Å². The first-order valence-electron chi connectivity index (χ1n) is 10.9. The number of nitrogens with one attached hydrogen (secondary N) is 1. The van der Waals surface area contributed by atoms with Crippen molar-refractivity contribution in [3.05, 3.63) is 64.1 Å². The maximum atomic E-state index is 14.0. The zero-order valence-electron chi connectivity index (χ0n) is 18.6. The molecule has 0 atom stereocenters. The first-order chi connectivity index (χ1) is 15.7. The number of carbonyl (C=O) groups excluding carboxylic acids is 1. The van der Waals surface area contributed by atoms with Crippen LogP contribution in [-0.2, 0) is 6.61 Å². The van der Waals surface area contributed by atoms with E-state index in [-0.39, 0.29) is 11.8 Å². The summed E-state index contributed by atoms with van der Waals surface area (Å²) in [6.45, 7) is 3.25. The molecule has 2 heterocycles. The lowest BCUT2D eigenvalue weighted by molar-refractivity contribution is 0.0389. The molecule has 9 heteroatoms. The summed E-state index contributed by atoms with van der Waals surface area (Å²) >= 11 is 0. The second kappa shape index (κ2) is 9.05. The van der Waals surface area contributed by atoms with Gasteiger partial charge in [0.15, 0.2) is 11.6 Å². The van der Waals surface area contributed by atoms with E-state index in [2.05, 4.69) is 10.4 Å². The summed E-state index contributed by atoms with van der Waals surface area (Å²) in [4.78, 5) is 12.9. The van der Waals surface area contributed by atoms with E-state index >= 15 is 0 Å². The Morgan fingerprint density at radius 2 is 1.88 bits per heavy atom. The van der Waals surface area contributed by atoms with E-state index in [1.165, 1.54) is 4.52 Å². The van der Waals surface area contributed by atoms with Crippen LogP contribution in [0.5, 0.6) is 5.88 Å². The van der Waals surface area contributed by atoms with Crippen LogP contribution >= 0.6 is 0 Å². The van der Waals surface area contributed by atoms with Gasteiger partial charge in [-0.1, -0.05) is 12.8 Å². The summed E-state index contributed by atoms with van der Waals surface area (Å²) in [5.41, 5.74) is 0.765. The molecule has 0 saturated heterocycles. The fourth-order valence-electron chi connectivity index (χ4n) is 4.37. The van der Waals surface area contributed by atoms with E-state index in [4.69, 9.17) is 4.74 Å². The number of fused-ring (bicyclic) bond motifs is 1. The third-order valence-corrected chi connectivity index (χ3v) is 6.16. The Labute approximate surface area is 189 Å². The largest absolute Gasteiger partial charge is 0.473 e. The van der Waals surface area contributed by atoms with E-state index in [1.807, 2.05) is 0 Å². The number of benzene rings is 1. The average Bonchev–Trinajstić information content (AvgIpc) is 3.33. The van der Waals surface area contributed by atoms with E-state index in [0.717, 1.165) is 37.3 Å². The Morgan fingerprint density at radius 3 is 2.61 bits per heavy atom. The SMILES string of the molecule is Cc1cc(OCc2c(F)ccc(F)c2F)n2nc(C)c(C(=O)NCCC3(O)CCCC3)c2c1. The first kappa shape index (κ1) is 23.1. The molecule has 0 radical (unpaired) electrons. The molecule has 3 aromatic rings. The standard InChI is InChI=1S/C24H26F3N3O3/c1-14-11-19-21(23(31)28-10-9-24(32)7-3-4-8-24)15(2)29-30(19)20(12-14)33-13-16-17(25)5-6-18(26)22(16)27/h5-6,11-12,32H,3-4,7-10,13H2,1-2H3,(H,28,31). The van der Waals surface area contributed by atoms with Crippen molar-refractivity contribution in [3.63, 3.8) is 0 Å². The monoisotopic (exact) mass is 461 g/mol. The predicted octanol–water partition coefficient (Wildman–Crippen LogP) is 4.37. The molecule has 1 amide bonds. The highest BCUT2D eigenvalue weighted by Gasteiger charge is 2.31. The minimum absolute atomic E-state index is 0.162. The molecule has 176 valence electrons. The van der Waals surface area contributed by atoms with Crippen molar-refractivity contribution >= 4 is 11.4 Å². The van der Waals surface area contributed by atoms with Crippen LogP contribution in [0.3, 0.4) is 0 Å². The van der Waals surface area contributed by atoms with Gasteiger partial charge in [-0.25, -0.2) is 13.2 Å². The van der Waals surface area contributed by atoms with Crippen LogP contribution in [0.25, 0.3) is 5.52 Å². The number of pyridine rings is 1.